The number of thiophene rings is 1. The maximum Gasteiger partial charge on any atom is 0.244 e. The average Bonchev–Trinajstić information content (AvgIpc) is 2.92. The van der Waals surface area contributed by atoms with E-state index in [1.54, 1.807) is 27.8 Å². The Kier molecular flexibility index (Phi) is 6.52. The molecular weight excluding hydrogens is 450 g/mol. The third-order valence-electron chi connectivity index (χ3n) is 5.65. The summed E-state index contributed by atoms with van der Waals surface area (Å²) in [5, 5.41) is 1.59. The van der Waals surface area contributed by atoms with Crippen LogP contribution < -0.4 is 5.73 Å². The van der Waals surface area contributed by atoms with E-state index < -0.39 is 10.0 Å². The maximum atomic E-state index is 12.9. The minimum Gasteiger partial charge on any atom is -0.383 e. The van der Waals surface area contributed by atoms with Crippen LogP contribution in [0.1, 0.15) is 54.1 Å². The molecule has 0 spiro atoms. The summed E-state index contributed by atoms with van der Waals surface area (Å²) in [6.45, 7) is 7.26. The number of hydrogen-bond donors (Lipinski definition) is 1. The fourth-order valence-electron chi connectivity index (χ4n) is 3.73. The topological polar surface area (TPSA) is 102 Å². The molecule has 1 atom stereocenters. The highest BCUT2D eigenvalue weighted by Gasteiger charge is 2.25. The highest BCUT2D eigenvalue weighted by atomic mass is 32.2. The lowest BCUT2D eigenvalue weighted by Crippen LogP contribution is -2.32. The van der Waals surface area contributed by atoms with Crippen molar-refractivity contribution in [1.29, 1.82) is 0 Å². The molecule has 31 heavy (non-hydrogen) atoms. The number of fused-ring (bicyclic) bond motifs is 1. The molecule has 166 valence electrons. The minimum absolute atomic E-state index is 0.0741. The van der Waals surface area contributed by atoms with Crippen molar-refractivity contribution in [3.63, 3.8) is 0 Å². The van der Waals surface area contributed by atoms with E-state index >= 15 is 0 Å². The van der Waals surface area contributed by atoms with Gasteiger partial charge in [-0.2, -0.15) is 4.31 Å². The van der Waals surface area contributed by atoms with E-state index in [0.717, 1.165) is 46.5 Å². The number of nitrogens with two attached hydrogens (primary N) is 1. The van der Waals surface area contributed by atoms with E-state index in [1.165, 1.54) is 22.8 Å². The molecule has 1 aliphatic heterocycles. The zero-order valence-corrected chi connectivity index (χ0v) is 20.4. The third-order valence-corrected chi connectivity index (χ3v) is 9.68. The van der Waals surface area contributed by atoms with Crippen molar-refractivity contribution < 1.29 is 8.42 Å². The van der Waals surface area contributed by atoms with Crippen molar-refractivity contribution >= 4 is 49.2 Å². The van der Waals surface area contributed by atoms with Gasteiger partial charge in [0, 0.05) is 24.2 Å². The number of nitrogen functional groups attached to an aromatic ring is 1. The molecular formula is C21H27N5O2S3. The van der Waals surface area contributed by atoms with Gasteiger partial charge in [-0.25, -0.2) is 23.4 Å². The number of sulfonamides is 1. The predicted octanol–water partition coefficient (Wildman–Crippen LogP) is 4.70. The Bertz CT molecular complexity index is 1180. The van der Waals surface area contributed by atoms with Crippen LogP contribution in [-0.2, 0) is 10.0 Å². The lowest BCUT2D eigenvalue weighted by Gasteiger charge is -2.19. The maximum absolute atomic E-state index is 12.9. The van der Waals surface area contributed by atoms with Crippen LogP contribution in [0.4, 0.5) is 5.82 Å². The van der Waals surface area contributed by atoms with E-state index in [1.807, 2.05) is 13.8 Å². The van der Waals surface area contributed by atoms with Gasteiger partial charge in [0.05, 0.1) is 15.7 Å². The SMILES string of the molecule is Cc1sc2nc([C@H](C)Sc3ccc(S(=O)(=O)N4CCCCCC4)cn3)nc(N)c2c1C. The van der Waals surface area contributed by atoms with Crippen molar-refractivity contribution in [3.05, 3.63) is 34.6 Å². The molecule has 0 unspecified atom stereocenters. The fourth-order valence-corrected chi connectivity index (χ4v) is 7.07. The monoisotopic (exact) mass is 477 g/mol. The zero-order chi connectivity index (χ0) is 22.2. The Morgan fingerprint density at radius 1 is 1.13 bits per heavy atom. The predicted molar refractivity (Wildman–Crippen MR) is 127 cm³/mol. The van der Waals surface area contributed by atoms with Gasteiger partial charge in [-0.3, -0.25) is 0 Å². The van der Waals surface area contributed by atoms with Crippen LogP contribution in [0.25, 0.3) is 10.2 Å². The summed E-state index contributed by atoms with van der Waals surface area (Å²) in [6.07, 6.45) is 5.45. The third kappa shape index (κ3) is 4.57. The van der Waals surface area contributed by atoms with Gasteiger partial charge in [0.2, 0.25) is 10.0 Å². The Morgan fingerprint density at radius 3 is 2.48 bits per heavy atom. The number of thioether (sulfide) groups is 1. The molecule has 7 nitrogen and oxygen atoms in total. The zero-order valence-electron chi connectivity index (χ0n) is 18.0. The van der Waals surface area contributed by atoms with Crippen LogP contribution in [0.2, 0.25) is 0 Å². The first kappa shape index (κ1) is 22.4. The molecule has 0 saturated carbocycles. The molecule has 0 aliphatic carbocycles. The smallest absolute Gasteiger partial charge is 0.244 e. The molecule has 1 fully saturated rings. The first-order chi connectivity index (χ1) is 14.8. The summed E-state index contributed by atoms with van der Waals surface area (Å²) >= 11 is 3.11. The van der Waals surface area contributed by atoms with Crippen LogP contribution in [0, 0.1) is 13.8 Å². The van der Waals surface area contributed by atoms with Crippen molar-refractivity contribution in [2.75, 3.05) is 18.8 Å². The van der Waals surface area contributed by atoms with Crippen LogP contribution in [0.15, 0.2) is 28.3 Å². The van der Waals surface area contributed by atoms with Crippen molar-refractivity contribution in [2.24, 2.45) is 0 Å². The van der Waals surface area contributed by atoms with E-state index in [0.29, 0.717) is 24.7 Å². The summed E-state index contributed by atoms with van der Waals surface area (Å²) in [7, 11) is -3.49. The standard InChI is InChI=1S/C21H27N5O2S3/c1-13-14(2)30-21-18(13)19(22)24-20(25-21)15(3)29-17-9-8-16(12-23-17)31(27,28)26-10-6-4-5-7-11-26/h8-9,12,15H,4-7,10-11H2,1-3H3,(H2,22,24,25)/t15-/m0/s1. The van der Waals surface area contributed by atoms with Gasteiger partial charge in [-0.05, 0) is 51.3 Å². The van der Waals surface area contributed by atoms with Gasteiger partial charge in [0.1, 0.15) is 21.4 Å². The Labute approximate surface area is 191 Å². The average molecular weight is 478 g/mol. The first-order valence-electron chi connectivity index (χ1n) is 10.4. The molecule has 3 aromatic rings. The first-order valence-corrected chi connectivity index (χ1v) is 13.6. The van der Waals surface area contributed by atoms with Crippen LogP contribution in [0.5, 0.6) is 0 Å². The van der Waals surface area contributed by atoms with E-state index in [4.69, 9.17) is 10.7 Å². The van der Waals surface area contributed by atoms with E-state index in [9.17, 15) is 8.42 Å². The normalized spacial score (nSPS) is 17.0. The Morgan fingerprint density at radius 2 is 1.84 bits per heavy atom. The number of hydrogen-bond acceptors (Lipinski definition) is 8. The molecule has 4 heterocycles. The van der Waals surface area contributed by atoms with Gasteiger partial charge < -0.3 is 5.73 Å². The molecule has 1 aliphatic rings. The second-order valence-electron chi connectivity index (χ2n) is 7.84. The molecule has 10 heteroatoms. The van der Waals surface area contributed by atoms with E-state index in [-0.39, 0.29) is 10.1 Å². The number of aryl methyl sites for hydroxylation is 2. The Balaban J connectivity index is 1.52. The minimum atomic E-state index is -3.49. The molecule has 1 saturated heterocycles. The number of rotatable bonds is 5. The van der Waals surface area contributed by atoms with Crippen molar-refractivity contribution in [1.82, 2.24) is 19.3 Å². The van der Waals surface area contributed by atoms with Crippen molar-refractivity contribution in [3.8, 4) is 0 Å². The van der Waals surface area contributed by atoms with E-state index in [2.05, 4.69) is 16.9 Å². The lowest BCUT2D eigenvalue weighted by atomic mass is 10.2. The summed E-state index contributed by atoms with van der Waals surface area (Å²) in [5.41, 5.74) is 7.34. The number of pyridine rings is 1. The van der Waals surface area contributed by atoms with Crippen LogP contribution in [0.3, 0.4) is 0 Å². The highest BCUT2D eigenvalue weighted by Crippen LogP contribution is 2.37. The lowest BCUT2D eigenvalue weighted by molar-refractivity contribution is 0.423. The largest absolute Gasteiger partial charge is 0.383 e. The molecule has 0 aromatic carbocycles. The summed E-state index contributed by atoms with van der Waals surface area (Å²) in [5.74, 6) is 1.15. The van der Waals surface area contributed by atoms with Crippen LogP contribution >= 0.6 is 23.1 Å². The second-order valence-corrected chi connectivity index (χ2v) is 12.3. The van der Waals surface area contributed by atoms with Gasteiger partial charge in [-0.1, -0.05) is 24.6 Å². The molecule has 3 aromatic heterocycles. The van der Waals surface area contributed by atoms with Crippen LogP contribution in [-0.4, -0.2) is 40.8 Å². The number of aromatic nitrogens is 3. The summed E-state index contributed by atoms with van der Waals surface area (Å²) in [6, 6.07) is 3.40. The van der Waals surface area contributed by atoms with Gasteiger partial charge in [-0.15, -0.1) is 11.3 Å². The molecule has 0 amide bonds. The second kappa shape index (κ2) is 9.01. The van der Waals surface area contributed by atoms with Gasteiger partial charge in [0.15, 0.2) is 0 Å². The summed E-state index contributed by atoms with van der Waals surface area (Å²) in [4.78, 5) is 16.0. The highest BCUT2D eigenvalue weighted by molar-refractivity contribution is 7.99. The fraction of sp³-hybridized carbons (Fsp3) is 0.476. The molecule has 4 rings (SSSR count). The molecule has 0 radical (unpaired) electrons. The quantitative estimate of drug-likeness (QED) is 0.531. The Hall–Kier alpha value is -1.75. The molecule has 2 N–H and O–H groups in total. The molecule has 0 bridgehead atoms. The van der Waals surface area contributed by atoms with Gasteiger partial charge >= 0.3 is 0 Å². The summed E-state index contributed by atoms with van der Waals surface area (Å²) < 4.78 is 27.5. The number of nitrogens with zero attached hydrogens (tertiary/aromatic N) is 4. The van der Waals surface area contributed by atoms with Gasteiger partial charge in [0.25, 0.3) is 0 Å². The number of anilines is 1. The van der Waals surface area contributed by atoms with Crippen molar-refractivity contribution in [2.45, 2.75) is 61.6 Å².